The SMILES string of the molecule is C1CCOC1.CC1CN(C(c2ccc(C(F)(F)F)cc2)C2CC2(F)F)CCN1c1nc2nncn2c2c1ncn2C. The first kappa shape index (κ1) is 27.8. The average molecular weight is 579 g/mol. The summed E-state index contributed by atoms with van der Waals surface area (Å²) in [6.07, 6.45) is 1.06. The van der Waals surface area contributed by atoms with E-state index in [0.717, 1.165) is 31.0 Å². The van der Waals surface area contributed by atoms with Gasteiger partial charge in [0.1, 0.15) is 11.8 Å². The normalized spacial score (nSPS) is 23.5. The molecule has 3 aliphatic rings. The summed E-state index contributed by atoms with van der Waals surface area (Å²) in [7, 11) is 1.87. The molecule has 220 valence electrons. The molecule has 5 heterocycles. The molecule has 0 spiro atoms. The first-order valence-electron chi connectivity index (χ1n) is 13.7. The summed E-state index contributed by atoms with van der Waals surface area (Å²) < 4.78 is 76.2. The minimum absolute atomic E-state index is 0.119. The topological polar surface area (TPSA) is 76.6 Å². The summed E-state index contributed by atoms with van der Waals surface area (Å²) >= 11 is 0. The molecule has 2 saturated heterocycles. The van der Waals surface area contributed by atoms with Crippen LogP contribution in [0.4, 0.5) is 27.8 Å². The van der Waals surface area contributed by atoms with Gasteiger partial charge < -0.3 is 14.2 Å². The van der Waals surface area contributed by atoms with Gasteiger partial charge in [0.15, 0.2) is 11.5 Å². The molecule has 3 unspecified atom stereocenters. The Morgan fingerprint density at radius 1 is 1.05 bits per heavy atom. The van der Waals surface area contributed by atoms with Crippen LogP contribution in [0.15, 0.2) is 36.9 Å². The summed E-state index contributed by atoms with van der Waals surface area (Å²) in [5.74, 6) is -2.69. The largest absolute Gasteiger partial charge is 0.416 e. The number of aromatic nitrogens is 6. The molecule has 4 aromatic rings. The van der Waals surface area contributed by atoms with Crippen LogP contribution in [0.2, 0.25) is 0 Å². The molecule has 2 aliphatic heterocycles. The maximum Gasteiger partial charge on any atom is 0.416 e. The standard InChI is InChI=1S/C23H23F5N8.C4H8O/c1-13-10-34(18(16-9-22(16,24)25)14-3-5-15(6-4-14)23(26,27)28)7-8-35(13)19-17-20(33(2)11-29-17)36-12-30-32-21(36)31-19;1-2-4-5-3-1/h3-6,11-13,16,18H,7-10H2,1-2H3;1-4H2. The minimum Gasteiger partial charge on any atom is -0.381 e. The fourth-order valence-corrected chi connectivity index (χ4v) is 5.88. The number of halogens is 5. The number of rotatable bonds is 4. The molecule has 0 amide bonds. The second-order valence-electron chi connectivity index (χ2n) is 11.0. The van der Waals surface area contributed by atoms with Crippen LogP contribution in [0.1, 0.15) is 43.4 Å². The maximum absolute atomic E-state index is 14.2. The van der Waals surface area contributed by atoms with Crippen molar-refractivity contribution in [3.05, 3.63) is 48.0 Å². The summed E-state index contributed by atoms with van der Waals surface area (Å²) in [5, 5.41) is 8.03. The van der Waals surface area contributed by atoms with Crippen molar-refractivity contribution >= 4 is 22.8 Å². The van der Waals surface area contributed by atoms with Crippen molar-refractivity contribution in [2.75, 3.05) is 37.7 Å². The van der Waals surface area contributed by atoms with Crippen molar-refractivity contribution < 1.29 is 26.7 Å². The Kier molecular flexibility index (Phi) is 7.09. The third kappa shape index (κ3) is 5.34. The van der Waals surface area contributed by atoms with E-state index in [-0.39, 0.29) is 12.5 Å². The molecule has 0 bridgehead atoms. The Bertz CT molecular complexity index is 1510. The van der Waals surface area contributed by atoms with Crippen molar-refractivity contribution in [1.29, 1.82) is 0 Å². The Hall–Kier alpha value is -3.39. The molecule has 3 atom stereocenters. The van der Waals surface area contributed by atoms with Gasteiger partial charge in [-0.25, -0.2) is 18.2 Å². The molecule has 14 heteroatoms. The van der Waals surface area contributed by atoms with Gasteiger partial charge >= 0.3 is 6.18 Å². The summed E-state index contributed by atoms with van der Waals surface area (Å²) in [6.45, 7) is 5.34. The zero-order valence-corrected chi connectivity index (χ0v) is 22.7. The smallest absolute Gasteiger partial charge is 0.381 e. The Balaban J connectivity index is 0.000000548. The van der Waals surface area contributed by atoms with Crippen LogP contribution in [-0.4, -0.2) is 78.8 Å². The number of imidazole rings is 1. The van der Waals surface area contributed by atoms with E-state index >= 15 is 0 Å². The lowest BCUT2D eigenvalue weighted by molar-refractivity contribution is -0.137. The minimum atomic E-state index is -4.48. The number of piperazine rings is 1. The zero-order valence-electron chi connectivity index (χ0n) is 22.7. The highest BCUT2D eigenvalue weighted by Crippen LogP contribution is 2.57. The highest BCUT2D eigenvalue weighted by molar-refractivity contribution is 5.86. The number of hydrogen-bond donors (Lipinski definition) is 0. The van der Waals surface area contributed by atoms with Gasteiger partial charge in [-0.15, -0.1) is 10.2 Å². The summed E-state index contributed by atoms with van der Waals surface area (Å²) in [5.41, 5.74) is 1.15. The molecular formula is C27H31F5N8O. The Labute approximate surface area is 232 Å². The number of hydrogen-bond acceptors (Lipinski definition) is 7. The lowest BCUT2D eigenvalue weighted by Gasteiger charge is -2.44. The van der Waals surface area contributed by atoms with Crippen LogP contribution in [0.5, 0.6) is 0 Å². The van der Waals surface area contributed by atoms with E-state index in [1.54, 1.807) is 17.1 Å². The van der Waals surface area contributed by atoms with Crippen molar-refractivity contribution in [3.8, 4) is 0 Å². The highest BCUT2D eigenvalue weighted by atomic mass is 19.4. The second kappa shape index (κ2) is 10.5. The van der Waals surface area contributed by atoms with E-state index in [1.165, 1.54) is 25.0 Å². The van der Waals surface area contributed by atoms with Gasteiger partial charge in [0, 0.05) is 64.3 Å². The first-order chi connectivity index (χ1) is 19.5. The lowest BCUT2D eigenvalue weighted by Crippen LogP contribution is -2.53. The molecule has 9 nitrogen and oxygen atoms in total. The van der Waals surface area contributed by atoms with Gasteiger partial charge in [-0.2, -0.15) is 18.2 Å². The number of benzene rings is 1. The third-order valence-electron chi connectivity index (χ3n) is 8.07. The van der Waals surface area contributed by atoms with E-state index in [4.69, 9.17) is 4.74 Å². The fourth-order valence-electron chi connectivity index (χ4n) is 5.88. The first-order valence-corrected chi connectivity index (χ1v) is 13.7. The van der Waals surface area contributed by atoms with Crippen LogP contribution in [0.25, 0.3) is 16.9 Å². The van der Waals surface area contributed by atoms with Crippen molar-refractivity contribution in [1.82, 2.24) is 34.0 Å². The van der Waals surface area contributed by atoms with Crippen LogP contribution in [-0.2, 0) is 18.0 Å². The van der Waals surface area contributed by atoms with Gasteiger partial charge in [0.05, 0.1) is 11.9 Å². The molecule has 41 heavy (non-hydrogen) atoms. The average Bonchev–Trinajstić information content (AvgIpc) is 3.49. The van der Waals surface area contributed by atoms with Gasteiger partial charge in [-0.05, 0) is 37.5 Å². The molecule has 7 rings (SSSR count). The van der Waals surface area contributed by atoms with E-state index in [0.29, 0.717) is 42.3 Å². The number of fused-ring (bicyclic) bond motifs is 3. The van der Waals surface area contributed by atoms with E-state index in [9.17, 15) is 22.0 Å². The maximum atomic E-state index is 14.2. The van der Waals surface area contributed by atoms with Crippen LogP contribution in [0, 0.1) is 5.92 Å². The fraction of sp³-hybridized carbons (Fsp3) is 0.556. The number of alkyl halides is 5. The molecule has 0 radical (unpaired) electrons. The predicted molar refractivity (Wildman–Crippen MR) is 141 cm³/mol. The van der Waals surface area contributed by atoms with Crippen molar-refractivity contribution in [2.24, 2.45) is 13.0 Å². The Morgan fingerprint density at radius 2 is 1.76 bits per heavy atom. The number of aryl methyl sites for hydroxylation is 1. The molecule has 1 saturated carbocycles. The molecule has 1 aromatic carbocycles. The van der Waals surface area contributed by atoms with Crippen LogP contribution >= 0.6 is 0 Å². The Morgan fingerprint density at radius 3 is 2.34 bits per heavy atom. The quantitative estimate of drug-likeness (QED) is 0.324. The second-order valence-corrected chi connectivity index (χ2v) is 11.0. The van der Waals surface area contributed by atoms with Crippen molar-refractivity contribution in [2.45, 2.75) is 50.4 Å². The highest BCUT2D eigenvalue weighted by Gasteiger charge is 2.62. The number of nitrogens with zero attached hydrogens (tertiary/aromatic N) is 8. The molecule has 0 N–H and O–H groups in total. The monoisotopic (exact) mass is 578 g/mol. The van der Waals surface area contributed by atoms with E-state index in [2.05, 4.69) is 25.1 Å². The summed E-state index contributed by atoms with van der Waals surface area (Å²) in [6, 6.07) is 3.81. The molecular weight excluding hydrogens is 547 g/mol. The van der Waals surface area contributed by atoms with Crippen LogP contribution < -0.4 is 4.90 Å². The lowest BCUT2D eigenvalue weighted by atomic mass is 9.97. The number of ether oxygens (including phenoxy) is 1. The van der Waals surface area contributed by atoms with Gasteiger partial charge in [-0.3, -0.25) is 4.90 Å². The predicted octanol–water partition coefficient (Wildman–Crippen LogP) is 4.73. The van der Waals surface area contributed by atoms with Crippen molar-refractivity contribution in [3.63, 3.8) is 0 Å². The third-order valence-corrected chi connectivity index (χ3v) is 8.07. The molecule has 1 aliphatic carbocycles. The van der Waals surface area contributed by atoms with Gasteiger partial charge in [0.2, 0.25) is 0 Å². The van der Waals surface area contributed by atoms with Gasteiger partial charge in [0.25, 0.3) is 11.7 Å². The molecule has 3 aromatic heterocycles. The van der Waals surface area contributed by atoms with E-state index in [1.807, 2.05) is 23.4 Å². The van der Waals surface area contributed by atoms with Gasteiger partial charge in [-0.1, -0.05) is 12.1 Å². The van der Waals surface area contributed by atoms with E-state index < -0.39 is 29.6 Å². The molecule has 3 fully saturated rings. The zero-order chi connectivity index (χ0) is 28.9. The number of anilines is 1. The van der Waals surface area contributed by atoms with Crippen LogP contribution in [0.3, 0.4) is 0 Å². The summed E-state index contributed by atoms with van der Waals surface area (Å²) in [4.78, 5) is 13.2.